The first kappa shape index (κ1) is 52.8. The van der Waals surface area contributed by atoms with Crippen LogP contribution in [0.5, 0.6) is 0 Å². The van der Waals surface area contributed by atoms with Crippen LogP contribution in [0.15, 0.2) is 24.3 Å². The Kier molecular flexibility index (Phi) is 43.6. The number of amides is 1. The van der Waals surface area contributed by atoms with E-state index in [1.54, 1.807) is 6.08 Å². The molecule has 0 aliphatic rings. The van der Waals surface area contributed by atoms with Gasteiger partial charge in [-0.1, -0.05) is 250 Å². The summed E-state index contributed by atoms with van der Waals surface area (Å²) in [7, 11) is 0. The zero-order valence-corrected chi connectivity index (χ0v) is 36.4. The average molecular weight is 762 g/mol. The zero-order chi connectivity index (χ0) is 39.4. The number of aliphatic hydroxyl groups is 3. The molecule has 320 valence electrons. The number of carbonyl (C=O) groups excluding carboxylic acids is 1. The lowest BCUT2D eigenvalue weighted by Crippen LogP contribution is -2.48. The fourth-order valence-corrected chi connectivity index (χ4v) is 7.50. The summed E-state index contributed by atoms with van der Waals surface area (Å²) in [6.45, 7) is 4.16. The standard InChI is InChI=1S/C49H95NO4/c1-3-5-7-9-11-13-15-16-17-18-19-20-21-22-23-24-25-26-27-28-29-30-31-32-34-36-38-40-42-44-48(53)49(54)50-46(45-51)47(52)43-41-39-37-35-33-14-12-10-8-6-4-2/h33,35,41,43,46-48,51-53H,3-32,34,36-40,42,44-45H2,1-2H3,(H,50,54)/b35-33+,43-41+. The molecule has 0 fully saturated rings. The van der Waals surface area contributed by atoms with Crippen molar-refractivity contribution < 1.29 is 20.1 Å². The normalized spacial score (nSPS) is 13.6. The Morgan fingerprint density at radius 2 is 0.759 bits per heavy atom. The van der Waals surface area contributed by atoms with Crippen molar-refractivity contribution in [3.63, 3.8) is 0 Å². The van der Waals surface area contributed by atoms with Crippen LogP contribution in [0.1, 0.15) is 258 Å². The zero-order valence-electron chi connectivity index (χ0n) is 36.4. The Labute approximate surface area is 337 Å². The van der Waals surface area contributed by atoms with Crippen molar-refractivity contribution in [2.45, 2.75) is 276 Å². The lowest BCUT2D eigenvalue weighted by atomic mass is 10.0. The smallest absolute Gasteiger partial charge is 0.249 e. The van der Waals surface area contributed by atoms with Crippen molar-refractivity contribution in [1.29, 1.82) is 0 Å². The third-order valence-corrected chi connectivity index (χ3v) is 11.3. The second kappa shape index (κ2) is 44.5. The number of hydrogen-bond acceptors (Lipinski definition) is 4. The van der Waals surface area contributed by atoms with Crippen LogP contribution in [0.4, 0.5) is 0 Å². The minimum Gasteiger partial charge on any atom is -0.394 e. The molecule has 54 heavy (non-hydrogen) atoms. The number of nitrogens with one attached hydrogen (secondary N) is 1. The van der Waals surface area contributed by atoms with Gasteiger partial charge in [0.1, 0.15) is 6.10 Å². The maximum atomic E-state index is 12.4. The summed E-state index contributed by atoms with van der Waals surface area (Å²) in [5.74, 6) is -0.511. The maximum Gasteiger partial charge on any atom is 0.249 e. The maximum absolute atomic E-state index is 12.4. The predicted octanol–water partition coefficient (Wildman–Crippen LogP) is 14.2. The lowest BCUT2D eigenvalue weighted by molar-refractivity contribution is -0.131. The Hall–Kier alpha value is -1.17. The van der Waals surface area contributed by atoms with E-state index in [1.807, 2.05) is 6.08 Å². The van der Waals surface area contributed by atoms with Gasteiger partial charge in [-0.25, -0.2) is 0 Å². The quantitative estimate of drug-likeness (QED) is 0.0368. The molecule has 0 bridgehead atoms. The molecule has 0 aliphatic carbocycles. The third kappa shape index (κ3) is 39.1. The summed E-state index contributed by atoms with van der Waals surface area (Å²) in [4.78, 5) is 12.4. The van der Waals surface area contributed by atoms with E-state index in [4.69, 9.17) is 0 Å². The molecule has 0 spiro atoms. The molecule has 0 aliphatic heterocycles. The van der Waals surface area contributed by atoms with Crippen LogP contribution in [0, 0.1) is 0 Å². The van der Waals surface area contributed by atoms with Crippen LogP contribution in [0.25, 0.3) is 0 Å². The van der Waals surface area contributed by atoms with E-state index in [0.717, 1.165) is 38.5 Å². The highest BCUT2D eigenvalue weighted by atomic mass is 16.3. The fourth-order valence-electron chi connectivity index (χ4n) is 7.50. The topological polar surface area (TPSA) is 89.8 Å². The first-order valence-corrected chi connectivity index (χ1v) is 24.2. The van der Waals surface area contributed by atoms with Gasteiger partial charge >= 0.3 is 0 Å². The Morgan fingerprint density at radius 3 is 1.13 bits per heavy atom. The van der Waals surface area contributed by atoms with Crippen molar-refractivity contribution in [3.8, 4) is 0 Å². The molecule has 0 saturated heterocycles. The van der Waals surface area contributed by atoms with Gasteiger partial charge in [-0.2, -0.15) is 0 Å². The molecule has 0 aromatic rings. The lowest BCUT2D eigenvalue weighted by Gasteiger charge is -2.21. The summed E-state index contributed by atoms with van der Waals surface area (Å²) < 4.78 is 0. The van der Waals surface area contributed by atoms with Gasteiger partial charge in [0.25, 0.3) is 0 Å². The highest BCUT2D eigenvalue weighted by Crippen LogP contribution is 2.17. The molecule has 1 amide bonds. The number of carbonyl (C=O) groups is 1. The van der Waals surface area contributed by atoms with Gasteiger partial charge in [0.2, 0.25) is 5.91 Å². The molecule has 5 nitrogen and oxygen atoms in total. The largest absolute Gasteiger partial charge is 0.394 e. The Balaban J connectivity index is 3.51. The number of unbranched alkanes of at least 4 members (excludes halogenated alkanes) is 34. The fraction of sp³-hybridized carbons (Fsp3) is 0.898. The van der Waals surface area contributed by atoms with Crippen molar-refractivity contribution in [3.05, 3.63) is 24.3 Å². The summed E-state index contributed by atoms with van der Waals surface area (Å²) >= 11 is 0. The number of hydrogen-bond donors (Lipinski definition) is 4. The van der Waals surface area contributed by atoms with Crippen molar-refractivity contribution >= 4 is 5.91 Å². The molecule has 0 aromatic heterocycles. The summed E-state index contributed by atoms with van der Waals surface area (Å²) in [6.07, 6.45) is 55.3. The van der Waals surface area contributed by atoms with Gasteiger partial charge < -0.3 is 20.6 Å². The van der Waals surface area contributed by atoms with Crippen molar-refractivity contribution in [2.24, 2.45) is 0 Å². The first-order valence-electron chi connectivity index (χ1n) is 24.2. The van der Waals surface area contributed by atoms with Crippen LogP contribution in [-0.2, 0) is 4.79 Å². The van der Waals surface area contributed by atoms with Gasteiger partial charge in [0.05, 0.1) is 18.8 Å². The minimum atomic E-state index is -1.10. The number of rotatable bonds is 44. The molecule has 0 heterocycles. The molecule has 3 atom stereocenters. The molecule has 0 radical (unpaired) electrons. The van der Waals surface area contributed by atoms with Gasteiger partial charge in [0, 0.05) is 0 Å². The van der Waals surface area contributed by atoms with E-state index in [0.29, 0.717) is 6.42 Å². The molecular formula is C49H95NO4. The van der Waals surface area contributed by atoms with Crippen molar-refractivity contribution in [2.75, 3.05) is 6.61 Å². The summed E-state index contributed by atoms with van der Waals surface area (Å²) in [5, 5.41) is 33.0. The number of allylic oxidation sites excluding steroid dienone is 3. The Morgan fingerprint density at radius 1 is 0.444 bits per heavy atom. The van der Waals surface area contributed by atoms with E-state index in [-0.39, 0.29) is 6.61 Å². The van der Waals surface area contributed by atoms with E-state index < -0.39 is 24.2 Å². The van der Waals surface area contributed by atoms with E-state index in [1.165, 1.54) is 199 Å². The van der Waals surface area contributed by atoms with Gasteiger partial charge in [0.15, 0.2) is 0 Å². The monoisotopic (exact) mass is 762 g/mol. The minimum absolute atomic E-state index is 0.374. The number of aliphatic hydroxyl groups excluding tert-OH is 3. The first-order chi connectivity index (χ1) is 26.6. The van der Waals surface area contributed by atoms with Crippen LogP contribution in [-0.4, -0.2) is 46.1 Å². The molecule has 0 rings (SSSR count). The predicted molar refractivity (Wildman–Crippen MR) is 236 cm³/mol. The summed E-state index contributed by atoms with van der Waals surface area (Å²) in [5.41, 5.74) is 0. The SMILES string of the molecule is CCCCCCC/C=C/CC/C=C/C(O)C(CO)NC(=O)C(O)CCCCCCCCCCCCCCCCCCCCCCCCCCCCCCC. The summed E-state index contributed by atoms with van der Waals surface area (Å²) in [6, 6.07) is -0.810. The van der Waals surface area contributed by atoms with E-state index in [9.17, 15) is 20.1 Å². The second-order valence-electron chi connectivity index (χ2n) is 16.7. The Bertz CT molecular complexity index is 799. The van der Waals surface area contributed by atoms with Crippen LogP contribution in [0.3, 0.4) is 0 Å². The molecular weight excluding hydrogens is 667 g/mol. The molecule has 5 heteroatoms. The van der Waals surface area contributed by atoms with Gasteiger partial charge in [-0.15, -0.1) is 0 Å². The third-order valence-electron chi connectivity index (χ3n) is 11.3. The average Bonchev–Trinajstić information content (AvgIpc) is 3.18. The highest BCUT2D eigenvalue weighted by molar-refractivity contribution is 5.80. The second-order valence-corrected chi connectivity index (χ2v) is 16.7. The highest BCUT2D eigenvalue weighted by Gasteiger charge is 2.22. The van der Waals surface area contributed by atoms with Crippen LogP contribution in [0.2, 0.25) is 0 Å². The van der Waals surface area contributed by atoms with Gasteiger partial charge in [-0.05, 0) is 32.1 Å². The van der Waals surface area contributed by atoms with Gasteiger partial charge in [-0.3, -0.25) is 4.79 Å². The molecule has 3 unspecified atom stereocenters. The van der Waals surface area contributed by atoms with E-state index in [2.05, 4.69) is 31.3 Å². The van der Waals surface area contributed by atoms with Crippen LogP contribution < -0.4 is 5.32 Å². The van der Waals surface area contributed by atoms with Crippen molar-refractivity contribution in [1.82, 2.24) is 5.32 Å². The molecule has 4 N–H and O–H groups in total. The van der Waals surface area contributed by atoms with Crippen LogP contribution >= 0.6 is 0 Å². The molecule has 0 saturated carbocycles. The van der Waals surface area contributed by atoms with E-state index >= 15 is 0 Å². The molecule has 0 aromatic carbocycles.